The summed E-state index contributed by atoms with van der Waals surface area (Å²) in [6.07, 6.45) is 0. The fourth-order valence-electron chi connectivity index (χ4n) is 4.80. The number of fused-ring (bicyclic) bond motifs is 4. The molecule has 2 aliphatic heterocycles. The van der Waals surface area contributed by atoms with Crippen LogP contribution in [0, 0.1) is 11.7 Å². The molecule has 1 amide bonds. The van der Waals surface area contributed by atoms with Gasteiger partial charge in [-0.05, 0) is 73.7 Å². The summed E-state index contributed by atoms with van der Waals surface area (Å²) in [5.74, 6) is 0.375. The van der Waals surface area contributed by atoms with E-state index in [2.05, 4.69) is 10.6 Å². The second-order valence-electron chi connectivity index (χ2n) is 8.47. The van der Waals surface area contributed by atoms with E-state index < -0.39 is 17.7 Å². The van der Waals surface area contributed by atoms with Crippen LogP contribution in [0.1, 0.15) is 18.5 Å². The largest absolute Gasteiger partial charge is 0.497 e. The van der Waals surface area contributed by atoms with Crippen LogP contribution < -0.4 is 29.7 Å². The van der Waals surface area contributed by atoms with Crippen LogP contribution in [0.5, 0.6) is 17.2 Å². The molecule has 2 N–H and O–H groups in total. The monoisotopic (exact) mass is 493 g/mol. The van der Waals surface area contributed by atoms with Crippen molar-refractivity contribution in [2.45, 2.75) is 18.7 Å². The van der Waals surface area contributed by atoms with Crippen LogP contribution >= 0.6 is 12.2 Å². The summed E-state index contributed by atoms with van der Waals surface area (Å²) in [4.78, 5) is 15.5. The normalized spacial score (nSPS) is 22.4. The number of nitrogens with one attached hydrogen (secondary N) is 2. The summed E-state index contributed by atoms with van der Waals surface area (Å²) >= 11 is 5.72. The smallest absolute Gasteiger partial charge is 0.236 e. The Balaban J connectivity index is 1.61. The van der Waals surface area contributed by atoms with Crippen molar-refractivity contribution in [1.82, 2.24) is 5.32 Å². The SMILES string of the molecule is COc1ccc(NC(=O)C2C3NC(=S)N(c4ccc(F)cc4)C2(C)Oc2c(OC)cccc23)cc1. The third-order valence-electron chi connectivity index (χ3n) is 6.43. The predicted molar refractivity (Wildman–Crippen MR) is 134 cm³/mol. The Morgan fingerprint density at radius 1 is 1.09 bits per heavy atom. The van der Waals surface area contributed by atoms with Crippen LogP contribution in [-0.2, 0) is 4.79 Å². The molecule has 5 rings (SSSR count). The third kappa shape index (κ3) is 3.81. The topological polar surface area (TPSA) is 72.1 Å². The van der Waals surface area contributed by atoms with Crippen molar-refractivity contribution in [3.05, 3.63) is 78.1 Å². The van der Waals surface area contributed by atoms with Crippen molar-refractivity contribution < 1.29 is 23.4 Å². The summed E-state index contributed by atoms with van der Waals surface area (Å²) in [6.45, 7) is 1.81. The Labute approximate surface area is 207 Å². The number of nitrogens with zero attached hydrogens (tertiary/aromatic N) is 1. The summed E-state index contributed by atoms with van der Waals surface area (Å²) < 4.78 is 31.1. The van der Waals surface area contributed by atoms with E-state index in [0.29, 0.717) is 33.7 Å². The number of thiocarbonyl (C=S) groups is 1. The highest BCUT2D eigenvalue weighted by Crippen LogP contribution is 2.52. The minimum atomic E-state index is -1.25. The first kappa shape index (κ1) is 22.9. The number of carbonyl (C=O) groups is 1. The number of methoxy groups -OCH3 is 2. The number of carbonyl (C=O) groups excluding carboxylic acids is 1. The number of halogens is 1. The van der Waals surface area contributed by atoms with Crippen molar-refractivity contribution in [1.29, 1.82) is 0 Å². The summed E-state index contributed by atoms with van der Waals surface area (Å²) in [7, 11) is 3.15. The van der Waals surface area contributed by atoms with E-state index in [4.69, 9.17) is 26.4 Å². The number of hydrogen-bond donors (Lipinski definition) is 2. The average Bonchev–Trinajstić information content (AvgIpc) is 2.84. The van der Waals surface area contributed by atoms with Gasteiger partial charge in [0.05, 0.1) is 20.3 Å². The zero-order valence-electron chi connectivity index (χ0n) is 19.4. The quantitative estimate of drug-likeness (QED) is 0.502. The fraction of sp³-hybridized carbons (Fsp3) is 0.231. The van der Waals surface area contributed by atoms with Crippen molar-refractivity contribution in [2.75, 3.05) is 24.4 Å². The molecular weight excluding hydrogens is 469 g/mol. The lowest BCUT2D eigenvalue weighted by Crippen LogP contribution is -2.72. The first-order valence-corrected chi connectivity index (χ1v) is 11.4. The number of ether oxygens (including phenoxy) is 3. The molecule has 3 unspecified atom stereocenters. The van der Waals surface area contributed by atoms with E-state index in [9.17, 15) is 9.18 Å². The van der Waals surface area contributed by atoms with Gasteiger partial charge < -0.3 is 24.8 Å². The molecule has 0 aliphatic carbocycles. The number of anilines is 2. The average molecular weight is 494 g/mol. The third-order valence-corrected chi connectivity index (χ3v) is 6.73. The molecular formula is C26H24FN3O4S. The van der Waals surface area contributed by atoms with Gasteiger partial charge in [-0.15, -0.1) is 0 Å². The molecule has 0 radical (unpaired) electrons. The van der Waals surface area contributed by atoms with Crippen molar-refractivity contribution >= 4 is 34.6 Å². The lowest BCUT2D eigenvalue weighted by molar-refractivity contribution is -0.130. The van der Waals surface area contributed by atoms with Gasteiger partial charge in [0, 0.05) is 16.9 Å². The molecule has 0 spiro atoms. The minimum absolute atomic E-state index is 0.266. The van der Waals surface area contributed by atoms with Gasteiger partial charge in [0.25, 0.3) is 0 Å². The molecule has 0 aromatic heterocycles. The molecule has 3 aromatic carbocycles. The van der Waals surface area contributed by atoms with Gasteiger partial charge in [-0.3, -0.25) is 9.69 Å². The van der Waals surface area contributed by atoms with Crippen LogP contribution in [0.3, 0.4) is 0 Å². The van der Waals surface area contributed by atoms with Crippen LogP contribution in [0.25, 0.3) is 0 Å². The van der Waals surface area contributed by atoms with E-state index in [1.165, 1.54) is 12.1 Å². The molecule has 9 heteroatoms. The van der Waals surface area contributed by atoms with Crippen molar-refractivity contribution in [3.8, 4) is 17.2 Å². The van der Waals surface area contributed by atoms with E-state index in [0.717, 1.165) is 5.56 Å². The molecule has 1 fully saturated rings. The number of rotatable bonds is 5. The van der Waals surface area contributed by atoms with Crippen molar-refractivity contribution in [2.24, 2.45) is 5.92 Å². The maximum absolute atomic E-state index is 13.8. The Morgan fingerprint density at radius 2 is 1.80 bits per heavy atom. The predicted octanol–water partition coefficient (Wildman–Crippen LogP) is 4.64. The molecule has 0 saturated carbocycles. The highest BCUT2D eigenvalue weighted by molar-refractivity contribution is 7.80. The van der Waals surface area contributed by atoms with Crippen LogP contribution in [-0.4, -0.2) is 31.0 Å². The number of amides is 1. The number of benzene rings is 3. The zero-order chi connectivity index (χ0) is 24.7. The van der Waals surface area contributed by atoms with Gasteiger partial charge in [0.1, 0.15) is 17.5 Å². The van der Waals surface area contributed by atoms with Gasteiger partial charge in [-0.2, -0.15) is 0 Å². The highest BCUT2D eigenvalue weighted by Gasteiger charge is 2.59. The lowest BCUT2D eigenvalue weighted by atomic mass is 9.78. The molecule has 7 nitrogen and oxygen atoms in total. The van der Waals surface area contributed by atoms with Crippen molar-refractivity contribution in [3.63, 3.8) is 0 Å². The maximum Gasteiger partial charge on any atom is 0.236 e. The van der Waals surface area contributed by atoms with Crippen LogP contribution in [0.15, 0.2) is 66.7 Å². The Hall–Kier alpha value is -3.85. The van der Waals surface area contributed by atoms with Gasteiger partial charge in [-0.25, -0.2) is 4.39 Å². The van der Waals surface area contributed by atoms with E-state index >= 15 is 0 Å². The molecule has 3 atom stereocenters. The van der Waals surface area contributed by atoms with Crippen LogP contribution in [0.4, 0.5) is 15.8 Å². The first-order valence-electron chi connectivity index (χ1n) is 11.0. The lowest BCUT2D eigenvalue weighted by Gasteiger charge is -2.56. The summed E-state index contributed by atoms with van der Waals surface area (Å²) in [6, 6.07) is 18.0. The first-order chi connectivity index (χ1) is 16.9. The minimum Gasteiger partial charge on any atom is -0.497 e. The maximum atomic E-state index is 13.8. The van der Waals surface area contributed by atoms with E-state index in [1.54, 1.807) is 61.6 Å². The number of hydrogen-bond acceptors (Lipinski definition) is 5. The molecule has 2 bridgehead atoms. The van der Waals surface area contributed by atoms with Gasteiger partial charge in [0.2, 0.25) is 5.91 Å². The highest BCUT2D eigenvalue weighted by atomic mass is 32.1. The fourth-order valence-corrected chi connectivity index (χ4v) is 5.22. The van der Waals surface area contributed by atoms with Gasteiger partial charge in [0.15, 0.2) is 22.3 Å². The summed E-state index contributed by atoms with van der Waals surface area (Å²) in [5.41, 5.74) is 0.719. The zero-order valence-corrected chi connectivity index (χ0v) is 20.2. The van der Waals surface area contributed by atoms with Crippen LogP contribution in [0.2, 0.25) is 0 Å². The van der Waals surface area contributed by atoms with Gasteiger partial charge >= 0.3 is 0 Å². The Kier molecular flexibility index (Phi) is 5.72. The molecule has 35 heavy (non-hydrogen) atoms. The Bertz CT molecular complexity index is 1280. The second kappa shape index (κ2) is 8.74. The molecule has 3 aromatic rings. The van der Waals surface area contributed by atoms with E-state index in [-0.39, 0.29) is 11.7 Å². The van der Waals surface area contributed by atoms with E-state index in [1.807, 2.05) is 19.1 Å². The second-order valence-corrected chi connectivity index (χ2v) is 8.86. The number of para-hydroxylation sites is 1. The standard InChI is InChI=1S/C26H24FN3O4S/c1-26-21(24(31)28-16-9-13-18(32-2)14-10-16)22(19-5-4-6-20(33-3)23(19)34-26)29-25(35)30(26)17-11-7-15(27)8-12-17/h4-14,21-22H,1-3H3,(H,28,31)(H,29,35). The molecule has 2 aliphatic rings. The Morgan fingerprint density at radius 3 is 2.46 bits per heavy atom. The summed E-state index contributed by atoms with van der Waals surface area (Å²) in [5, 5.41) is 6.69. The molecule has 2 heterocycles. The molecule has 180 valence electrons. The van der Waals surface area contributed by atoms with Gasteiger partial charge in [-0.1, -0.05) is 12.1 Å². The molecule has 1 saturated heterocycles.